The Labute approximate surface area is 218 Å². The normalized spacial score (nSPS) is 18.3. The van der Waals surface area contributed by atoms with Crippen LogP contribution >= 0.6 is 0 Å². The average Bonchev–Trinajstić information content (AvgIpc) is 3.44. The Kier molecular flexibility index (Phi) is 7.74. The number of hydrogen-bond acceptors (Lipinski definition) is 4. The third-order valence-electron chi connectivity index (χ3n) is 7.28. The second-order valence-electron chi connectivity index (χ2n) is 10.3. The summed E-state index contributed by atoms with van der Waals surface area (Å²) in [6, 6.07) is 13.1. The second kappa shape index (κ2) is 11.3. The average molecular weight is 504 g/mol. The van der Waals surface area contributed by atoms with Crippen LogP contribution < -0.4 is 5.32 Å². The highest BCUT2D eigenvalue weighted by Gasteiger charge is 2.40. The molecule has 2 aromatic heterocycles. The molecule has 2 amide bonds. The van der Waals surface area contributed by atoms with Crippen LogP contribution in [0.25, 0.3) is 11.5 Å². The lowest BCUT2D eigenvalue weighted by molar-refractivity contribution is -0.127. The molecule has 0 bridgehead atoms. The Morgan fingerprint density at radius 1 is 1.08 bits per heavy atom. The largest absolute Gasteiger partial charge is 0.379 e. The van der Waals surface area contributed by atoms with Crippen molar-refractivity contribution in [2.75, 3.05) is 13.2 Å². The lowest BCUT2D eigenvalue weighted by Crippen LogP contribution is -2.46. The summed E-state index contributed by atoms with van der Waals surface area (Å²) in [7, 11) is 0. The zero-order chi connectivity index (χ0) is 25.8. The molecule has 1 aliphatic carbocycles. The molecule has 8 heteroatoms. The number of carbonyl (C=O) groups excluding carboxylic acids is 2. The van der Waals surface area contributed by atoms with Gasteiger partial charge in [0.1, 0.15) is 5.56 Å². The zero-order valence-corrected chi connectivity index (χ0v) is 21.8. The summed E-state index contributed by atoms with van der Waals surface area (Å²) in [5.74, 6) is 0.352. The highest BCUT2D eigenvalue weighted by molar-refractivity contribution is 6.01. The van der Waals surface area contributed by atoms with Crippen LogP contribution in [0.3, 0.4) is 0 Å². The Bertz CT molecular complexity index is 1210. The molecule has 1 aliphatic heterocycles. The first-order valence-corrected chi connectivity index (χ1v) is 13.6. The van der Waals surface area contributed by atoms with Gasteiger partial charge in [-0.15, -0.1) is 0 Å². The number of nitrogens with one attached hydrogen (secondary N) is 1. The fourth-order valence-electron chi connectivity index (χ4n) is 5.49. The molecular formula is C29H37N5O3. The molecule has 3 aromatic rings. The van der Waals surface area contributed by atoms with Gasteiger partial charge in [0.05, 0.1) is 23.7 Å². The minimum atomic E-state index is -0.735. The van der Waals surface area contributed by atoms with Gasteiger partial charge in [0.25, 0.3) is 5.91 Å². The third kappa shape index (κ3) is 5.34. The quantitative estimate of drug-likeness (QED) is 0.353. The fraction of sp³-hybridized carbons (Fsp3) is 0.483. The zero-order valence-electron chi connectivity index (χ0n) is 21.8. The van der Waals surface area contributed by atoms with Crippen LogP contribution in [0.2, 0.25) is 0 Å². The summed E-state index contributed by atoms with van der Waals surface area (Å²) >= 11 is 0. The number of benzene rings is 1. The summed E-state index contributed by atoms with van der Waals surface area (Å²) in [6.07, 6.45) is 10.9. The molecule has 1 fully saturated rings. The number of para-hydroxylation sites is 1. The van der Waals surface area contributed by atoms with Gasteiger partial charge in [0.15, 0.2) is 11.9 Å². The van der Waals surface area contributed by atoms with Crippen LogP contribution in [0.15, 0.2) is 54.9 Å². The van der Waals surface area contributed by atoms with Crippen LogP contribution in [-0.4, -0.2) is 56.4 Å². The van der Waals surface area contributed by atoms with Crippen LogP contribution in [0, 0.1) is 0 Å². The monoisotopic (exact) mass is 503 g/mol. The fourth-order valence-corrected chi connectivity index (χ4v) is 5.49. The molecule has 8 nitrogen and oxygen atoms in total. The molecule has 0 saturated heterocycles. The van der Waals surface area contributed by atoms with E-state index in [4.69, 9.17) is 4.74 Å². The summed E-state index contributed by atoms with van der Waals surface area (Å²) in [6.45, 7) is 4.93. The maximum absolute atomic E-state index is 14.1. The minimum absolute atomic E-state index is 0.113. The van der Waals surface area contributed by atoms with E-state index < -0.39 is 6.04 Å². The summed E-state index contributed by atoms with van der Waals surface area (Å²) in [5, 5.41) is 7.90. The first-order valence-electron chi connectivity index (χ1n) is 13.6. The number of carbonyl (C=O) groups is 2. The first kappa shape index (κ1) is 25.3. The van der Waals surface area contributed by atoms with Gasteiger partial charge in [0.2, 0.25) is 5.91 Å². The molecule has 0 spiro atoms. The van der Waals surface area contributed by atoms with Gasteiger partial charge < -0.3 is 19.5 Å². The third-order valence-corrected chi connectivity index (χ3v) is 7.28. The van der Waals surface area contributed by atoms with Gasteiger partial charge in [-0.25, -0.2) is 4.68 Å². The van der Waals surface area contributed by atoms with Crippen LogP contribution in [0.4, 0.5) is 0 Å². The molecular weight excluding hydrogens is 466 g/mol. The number of amides is 2. The summed E-state index contributed by atoms with van der Waals surface area (Å²) in [5.41, 5.74) is 2.10. The van der Waals surface area contributed by atoms with Crippen molar-refractivity contribution in [3.8, 4) is 11.5 Å². The number of hydrogen-bond donors (Lipinski definition) is 1. The van der Waals surface area contributed by atoms with Crippen molar-refractivity contribution >= 4 is 11.8 Å². The predicted octanol–water partition coefficient (Wildman–Crippen LogP) is 4.81. The SMILES string of the molecule is CC(C)OCCCN1C(=O)c2cnn(-c3ccccc3)c2-n2cccc2[C@H]1C(=O)NC1CCCCCC1. The second-order valence-corrected chi connectivity index (χ2v) is 10.3. The molecule has 0 radical (unpaired) electrons. The van der Waals surface area contributed by atoms with Gasteiger partial charge in [0, 0.05) is 25.4 Å². The molecule has 1 N–H and O–H groups in total. The van der Waals surface area contributed by atoms with Crippen molar-refractivity contribution in [1.82, 2.24) is 24.6 Å². The van der Waals surface area contributed by atoms with E-state index in [1.807, 2.05) is 67.1 Å². The molecule has 1 atom stereocenters. The molecule has 1 saturated carbocycles. The maximum atomic E-state index is 14.1. The molecule has 3 heterocycles. The van der Waals surface area contributed by atoms with Crippen molar-refractivity contribution in [1.29, 1.82) is 0 Å². The number of rotatable bonds is 8. The highest BCUT2D eigenvalue weighted by atomic mass is 16.5. The minimum Gasteiger partial charge on any atom is -0.379 e. The number of ether oxygens (including phenoxy) is 1. The van der Waals surface area contributed by atoms with E-state index in [0.29, 0.717) is 31.0 Å². The van der Waals surface area contributed by atoms with Gasteiger partial charge in [-0.1, -0.05) is 43.9 Å². The van der Waals surface area contributed by atoms with Crippen molar-refractivity contribution in [3.63, 3.8) is 0 Å². The number of nitrogens with zero attached hydrogens (tertiary/aromatic N) is 4. The predicted molar refractivity (Wildman–Crippen MR) is 142 cm³/mol. The Balaban J connectivity index is 1.53. The molecule has 5 rings (SSSR count). The molecule has 37 heavy (non-hydrogen) atoms. The van der Waals surface area contributed by atoms with E-state index in [1.54, 1.807) is 15.8 Å². The molecule has 2 aliphatic rings. The van der Waals surface area contributed by atoms with Gasteiger partial charge >= 0.3 is 0 Å². The van der Waals surface area contributed by atoms with Gasteiger partial charge in [-0.05, 0) is 57.4 Å². The maximum Gasteiger partial charge on any atom is 0.260 e. The first-order chi connectivity index (χ1) is 18.0. The van der Waals surface area contributed by atoms with E-state index in [1.165, 1.54) is 12.8 Å². The van der Waals surface area contributed by atoms with Crippen molar-refractivity contribution in [3.05, 3.63) is 66.1 Å². The van der Waals surface area contributed by atoms with E-state index in [-0.39, 0.29) is 24.0 Å². The number of aromatic nitrogens is 3. The van der Waals surface area contributed by atoms with Crippen LogP contribution in [0.5, 0.6) is 0 Å². The van der Waals surface area contributed by atoms with Crippen molar-refractivity contribution in [2.45, 2.75) is 77.0 Å². The number of fused-ring (bicyclic) bond motifs is 3. The van der Waals surface area contributed by atoms with Crippen LogP contribution in [0.1, 0.15) is 80.9 Å². The lowest BCUT2D eigenvalue weighted by Gasteiger charge is -2.31. The molecule has 1 aromatic carbocycles. The standard InChI is InChI=1S/C29H37N5O3/c1-21(2)37-19-11-18-33-26(27(35)31-22-12-6-3-4-7-13-22)25-16-10-17-32(25)28-24(29(33)36)20-30-34(28)23-14-8-5-9-15-23/h5,8-10,14-17,20-22,26H,3-4,6-7,11-13,18-19H2,1-2H3,(H,31,35)/t26-/m0/s1. The topological polar surface area (TPSA) is 81.4 Å². The van der Waals surface area contributed by atoms with E-state index in [2.05, 4.69) is 10.4 Å². The summed E-state index contributed by atoms with van der Waals surface area (Å²) in [4.78, 5) is 29.7. The Morgan fingerprint density at radius 2 is 1.84 bits per heavy atom. The van der Waals surface area contributed by atoms with E-state index in [9.17, 15) is 9.59 Å². The Morgan fingerprint density at radius 3 is 2.57 bits per heavy atom. The van der Waals surface area contributed by atoms with Crippen molar-refractivity contribution < 1.29 is 14.3 Å². The summed E-state index contributed by atoms with van der Waals surface area (Å²) < 4.78 is 9.49. The van der Waals surface area contributed by atoms with Gasteiger partial charge in [-0.2, -0.15) is 5.10 Å². The van der Waals surface area contributed by atoms with Gasteiger partial charge in [-0.3, -0.25) is 9.59 Å². The Hall–Kier alpha value is -3.39. The van der Waals surface area contributed by atoms with E-state index >= 15 is 0 Å². The smallest absolute Gasteiger partial charge is 0.260 e. The molecule has 196 valence electrons. The highest BCUT2D eigenvalue weighted by Crippen LogP contribution is 2.34. The van der Waals surface area contributed by atoms with E-state index in [0.717, 1.165) is 37.1 Å². The van der Waals surface area contributed by atoms with Crippen LogP contribution in [-0.2, 0) is 9.53 Å². The van der Waals surface area contributed by atoms with Crippen molar-refractivity contribution in [2.24, 2.45) is 0 Å². The molecule has 0 unspecified atom stereocenters. The lowest BCUT2D eigenvalue weighted by atomic mass is 10.1.